The van der Waals surface area contributed by atoms with Crippen molar-refractivity contribution in [2.75, 3.05) is 16.8 Å². The minimum Gasteiger partial charge on any atom is -0.336 e. The number of rotatable bonds is 7. The molecule has 0 atom stereocenters. The first-order chi connectivity index (χ1) is 13.6. The van der Waals surface area contributed by atoms with Crippen molar-refractivity contribution in [1.29, 1.82) is 0 Å². The molecule has 0 aromatic carbocycles. The number of halogens is 1. The molecule has 2 heterocycles. The van der Waals surface area contributed by atoms with Gasteiger partial charge >= 0.3 is 0 Å². The number of aromatic nitrogens is 1. The number of aliphatic imine (C=N–C) groups is 1. The first-order valence-corrected chi connectivity index (χ1v) is 9.82. The molecule has 0 radical (unpaired) electrons. The molecule has 0 unspecified atom stereocenters. The number of carbonyl (C=O) groups excluding carboxylic acids is 1. The van der Waals surface area contributed by atoms with Gasteiger partial charge in [0.25, 0.3) is 0 Å². The fourth-order valence-electron chi connectivity index (χ4n) is 3.71. The quantitative estimate of drug-likeness (QED) is 0.302. The Balaban J connectivity index is 2.14. The second kappa shape index (κ2) is 8.57. The number of amidine groups is 1. The topological polar surface area (TPSA) is 57.6 Å². The first-order valence-electron chi connectivity index (χ1n) is 9.44. The molecule has 1 fully saturated rings. The molecular weight excluding hydrogens is 372 g/mol. The number of allylic oxidation sites excluding steroid dienone is 3. The highest BCUT2D eigenvalue weighted by Crippen LogP contribution is 2.50. The molecule has 6 heteroatoms. The summed E-state index contributed by atoms with van der Waals surface area (Å²) in [5.41, 5.74) is 2.36. The average Bonchev–Trinajstić information content (AvgIpc) is 2.66. The van der Waals surface area contributed by atoms with Crippen LogP contribution in [-0.2, 0) is 4.79 Å². The smallest absolute Gasteiger partial charge is 0.159 e. The molecular formula is C22H25ClN4O. The first kappa shape index (κ1) is 20.1. The minimum atomic E-state index is -0.293. The Bertz CT molecular complexity index is 881. The molecule has 1 saturated carbocycles. The van der Waals surface area contributed by atoms with E-state index in [2.05, 4.69) is 39.4 Å². The average molecular weight is 397 g/mol. The van der Waals surface area contributed by atoms with Gasteiger partial charge in [0, 0.05) is 13.0 Å². The maximum atomic E-state index is 10.7. The second-order valence-corrected chi connectivity index (χ2v) is 7.22. The normalized spacial score (nSPS) is 19.9. The maximum absolute atomic E-state index is 10.7. The van der Waals surface area contributed by atoms with Crippen LogP contribution in [0.3, 0.4) is 0 Å². The molecule has 1 aliphatic carbocycles. The number of nitrogens with one attached hydrogen (secondary N) is 1. The van der Waals surface area contributed by atoms with Crippen molar-refractivity contribution in [2.45, 2.75) is 38.1 Å². The Morgan fingerprint density at radius 1 is 1.46 bits per heavy atom. The number of carbonyl (C=O) groups is 1. The van der Waals surface area contributed by atoms with Crippen molar-refractivity contribution in [1.82, 2.24) is 4.98 Å². The number of hydrogen-bond donors (Lipinski definition) is 1. The molecule has 3 rings (SSSR count). The molecule has 1 N–H and O–H groups in total. The molecule has 1 aliphatic heterocycles. The van der Waals surface area contributed by atoms with Gasteiger partial charge in [0.15, 0.2) is 5.82 Å². The van der Waals surface area contributed by atoms with E-state index in [1.165, 1.54) is 0 Å². The fraction of sp³-hybridized carbons (Fsp3) is 0.318. The molecule has 28 heavy (non-hydrogen) atoms. The van der Waals surface area contributed by atoms with Crippen LogP contribution in [0.2, 0.25) is 5.15 Å². The van der Waals surface area contributed by atoms with Gasteiger partial charge in [0.05, 0.1) is 16.9 Å². The van der Waals surface area contributed by atoms with E-state index >= 15 is 0 Å². The third kappa shape index (κ3) is 3.54. The Morgan fingerprint density at radius 3 is 2.86 bits per heavy atom. The summed E-state index contributed by atoms with van der Waals surface area (Å²) in [4.78, 5) is 22.0. The third-order valence-corrected chi connectivity index (χ3v) is 5.41. The van der Waals surface area contributed by atoms with Crippen LogP contribution >= 0.6 is 11.6 Å². The molecule has 2 aliphatic rings. The van der Waals surface area contributed by atoms with Crippen LogP contribution in [0.4, 0.5) is 11.5 Å². The van der Waals surface area contributed by atoms with Crippen LogP contribution in [0.15, 0.2) is 65.9 Å². The van der Waals surface area contributed by atoms with Crippen LogP contribution < -0.4 is 10.2 Å². The monoisotopic (exact) mass is 396 g/mol. The SMILES string of the molecule is C=C/C(=C\C=C/C)C1(N2C(=C)C(=NCCC=O)Nc3ccc(Cl)nc32)CCC1. The molecule has 5 nitrogen and oxygen atoms in total. The van der Waals surface area contributed by atoms with Crippen LogP contribution in [0.5, 0.6) is 0 Å². The molecule has 1 aromatic rings. The van der Waals surface area contributed by atoms with E-state index in [1.54, 1.807) is 6.07 Å². The van der Waals surface area contributed by atoms with Crippen molar-refractivity contribution in [3.8, 4) is 0 Å². The maximum Gasteiger partial charge on any atom is 0.159 e. The van der Waals surface area contributed by atoms with E-state index in [1.807, 2.05) is 31.2 Å². The van der Waals surface area contributed by atoms with Gasteiger partial charge in [0.1, 0.15) is 17.3 Å². The van der Waals surface area contributed by atoms with Gasteiger partial charge in [-0.15, -0.1) is 0 Å². The Morgan fingerprint density at radius 2 is 2.25 bits per heavy atom. The number of pyridine rings is 1. The largest absolute Gasteiger partial charge is 0.336 e. The lowest BCUT2D eigenvalue weighted by molar-refractivity contribution is -0.107. The van der Waals surface area contributed by atoms with Crippen LogP contribution in [0.25, 0.3) is 0 Å². The van der Waals surface area contributed by atoms with Crippen molar-refractivity contribution < 1.29 is 4.79 Å². The fourth-order valence-corrected chi connectivity index (χ4v) is 3.86. The summed E-state index contributed by atoms with van der Waals surface area (Å²) in [5, 5.41) is 3.72. The minimum absolute atomic E-state index is 0.293. The van der Waals surface area contributed by atoms with Crippen LogP contribution in [-0.4, -0.2) is 29.2 Å². The zero-order valence-electron chi connectivity index (χ0n) is 16.1. The summed E-state index contributed by atoms with van der Waals surface area (Å²) in [6.45, 7) is 10.8. The highest BCUT2D eigenvalue weighted by Gasteiger charge is 2.49. The van der Waals surface area contributed by atoms with Gasteiger partial charge in [-0.2, -0.15) is 0 Å². The van der Waals surface area contributed by atoms with E-state index in [0.717, 1.165) is 48.3 Å². The van der Waals surface area contributed by atoms with Crippen molar-refractivity contribution in [2.24, 2.45) is 4.99 Å². The number of aldehydes is 1. The van der Waals surface area contributed by atoms with Crippen molar-refractivity contribution in [3.63, 3.8) is 0 Å². The predicted molar refractivity (Wildman–Crippen MR) is 117 cm³/mol. The highest BCUT2D eigenvalue weighted by molar-refractivity contribution is 6.29. The molecule has 146 valence electrons. The summed E-state index contributed by atoms with van der Waals surface area (Å²) in [6.07, 6.45) is 12.3. The van der Waals surface area contributed by atoms with Crippen LogP contribution in [0, 0.1) is 0 Å². The zero-order chi connectivity index (χ0) is 20.1. The number of hydrogen-bond acceptors (Lipinski definition) is 4. The summed E-state index contributed by atoms with van der Waals surface area (Å²) in [7, 11) is 0. The van der Waals surface area contributed by atoms with Gasteiger partial charge in [-0.25, -0.2) is 4.98 Å². The third-order valence-electron chi connectivity index (χ3n) is 5.20. The molecule has 0 bridgehead atoms. The lowest BCUT2D eigenvalue weighted by atomic mass is 9.69. The molecule has 0 amide bonds. The highest BCUT2D eigenvalue weighted by atomic mass is 35.5. The van der Waals surface area contributed by atoms with Gasteiger partial charge in [-0.1, -0.05) is 49.1 Å². The van der Waals surface area contributed by atoms with E-state index in [9.17, 15) is 4.79 Å². The van der Waals surface area contributed by atoms with Crippen molar-refractivity contribution >= 4 is 35.2 Å². The number of nitrogens with zero attached hydrogens (tertiary/aromatic N) is 3. The summed E-state index contributed by atoms with van der Waals surface area (Å²) < 4.78 is 0. The summed E-state index contributed by atoms with van der Waals surface area (Å²) in [5.74, 6) is 1.39. The molecule has 1 aromatic heterocycles. The standard InChI is InChI=1S/C22H25ClN4O/c1-4-6-9-17(5-2)22(12-7-13-22)27-16(3)20(24-14-8-15-28)25-18-10-11-19(23)26-21(18)27/h4-6,9-11,15H,2-3,7-8,12-14H2,1H3,(H,24,25)/b6-4-,17-9+. The molecule has 0 spiro atoms. The van der Waals surface area contributed by atoms with E-state index in [0.29, 0.717) is 24.0 Å². The Kier molecular flexibility index (Phi) is 6.15. The molecule has 0 saturated heterocycles. The number of anilines is 2. The van der Waals surface area contributed by atoms with E-state index in [-0.39, 0.29) is 5.54 Å². The van der Waals surface area contributed by atoms with Gasteiger partial charge in [-0.3, -0.25) is 4.99 Å². The van der Waals surface area contributed by atoms with Gasteiger partial charge < -0.3 is 15.0 Å². The Hall–Kier alpha value is -2.66. The van der Waals surface area contributed by atoms with Gasteiger partial charge in [0.2, 0.25) is 0 Å². The second-order valence-electron chi connectivity index (χ2n) is 6.83. The van der Waals surface area contributed by atoms with Crippen molar-refractivity contribution in [3.05, 3.63) is 66.0 Å². The lowest BCUT2D eigenvalue weighted by Crippen LogP contribution is -2.57. The lowest BCUT2D eigenvalue weighted by Gasteiger charge is -2.54. The van der Waals surface area contributed by atoms with E-state index in [4.69, 9.17) is 11.6 Å². The van der Waals surface area contributed by atoms with Gasteiger partial charge in [-0.05, 0) is 43.9 Å². The Labute approximate surface area is 171 Å². The van der Waals surface area contributed by atoms with E-state index < -0.39 is 0 Å². The predicted octanol–water partition coefficient (Wildman–Crippen LogP) is 5.08. The summed E-state index contributed by atoms with van der Waals surface area (Å²) >= 11 is 6.23. The summed E-state index contributed by atoms with van der Waals surface area (Å²) in [6, 6.07) is 3.65. The van der Waals surface area contributed by atoms with Crippen LogP contribution in [0.1, 0.15) is 32.6 Å². The number of fused-ring (bicyclic) bond motifs is 1. The zero-order valence-corrected chi connectivity index (χ0v) is 16.9.